The zero-order chi connectivity index (χ0) is 11.3. The number of hydrogen-bond acceptors (Lipinski definition) is 4. The molecular weight excluding hydrogens is 202 g/mol. The van der Waals surface area contributed by atoms with E-state index in [0.29, 0.717) is 17.5 Å². The SMILES string of the molecule is CC1(C)[C@@H](CN)[C@@H]1c1cnc2n[nH]nc2c1. The van der Waals surface area contributed by atoms with E-state index in [1.54, 1.807) is 0 Å². The average Bonchev–Trinajstić information content (AvgIpc) is 2.62. The Labute approximate surface area is 93.4 Å². The molecule has 1 saturated carbocycles. The van der Waals surface area contributed by atoms with Crippen LogP contribution in [0, 0.1) is 11.3 Å². The van der Waals surface area contributed by atoms with E-state index >= 15 is 0 Å². The normalized spacial score (nSPS) is 27.2. The Kier molecular flexibility index (Phi) is 1.83. The molecule has 0 aromatic carbocycles. The van der Waals surface area contributed by atoms with Crippen molar-refractivity contribution in [1.82, 2.24) is 20.4 Å². The van der Waals surface area contributed by atoms with E-state index in [0.717, 1.165) is 12.1 Å². The third-order valence-corrected chi connectivity index (χ3v) is 3.86. The van der Waals surface area contributed by atoms with Gasteiger partial charge in [-0.3, -0.25) is 0 Å². The van der Waals surface area contributed by atoms with E-state index in [1.165, 1.54) is 5.56 Å². The molecule has 84 valence electrons. The first kappa shape index (κ1) is 9.72. The first-order valence-electron chi connectivity index (χ1n) is 5.51. The van der Waals surface area contributed by atoms with Gasteiger partial charge in [0, 0.05) is 6.20 Å². The second kappa shape index (κ2) is 3.01. The fourth-order valence-corrected chi connectivity index (χ4v) is 2.77. The quantitative estimate of drug-likeness (QED) is 0.788. The molecule has 0 bridgehead atoms. The van der Waals surface area contributed by atoms with Gasteiger partial charge in [0.25, 0.3) is 0 Å². The van der Waals surface area contributed by atoms with Crippen molar-refractivity contribution < 1.29 is 0 Å². The van der Waals surface area contributed by atoms with Crippen molar-refractivity contribution in [2.24, 2.45) is 17.1 Å². The minimum atomic E-state index is 0.286. The Hall–Kier alpha value is -1.49. The van der Waals surface area contributed by atoms with Crippen LogP contribution in [0.4, 0.5) is 0 Å². The van der Waals surface area contributed by atoms with Gasteiger partial charge in [-0.1, -0.05) is 13.8 Å². The number of aromatic amines is 1. The van der Waals surface area contributed by atoms with Crippen LogP contribution in [-0.2, 0) is 0 Å². The Morgan fingerprint density at radius 2 is 2.25 bits per heavy atom. The summed E-state index contributed by atoms with van der Waals surface area (Å²) in [6.07, 6.45) is 1.90. The van der Waals surface area contributed by atoms with Crippen LogP contribution in [0.3, 0.4) is 0 Å². The van der Waals surface area contributed by atoms with Gasteiger partial charge in [-0.25, -0.2) is 4.98 Å². The van der Waals surface area contributed by atoms with E-state index in [2.05, 4.69) is 40.3 Å². The molecule has 0 saturated heterocycles. The predicted octanol–water partition coefficient (Wildman–Crippen LogP) is 1.05. The van der Waals surface area contributed by atoms with Crippen molar-refractivity contribution in [3.8, 4) is 0 Å². The highest BCUT2D eigenvalue weighted by atomic mass is 15.3. The molecule has 2 heterocycles. The van der Waals surface area contributed by atoms with Gasteiger partial charge in [0.15, 0.2) is 0 Å². The first-order valence-corrected chi connectivity index (χ1v) is 5.51. The number of rotatable bonds is 2. The Bertz CT molecular complexity index is 530. The number of fused-ring (bicyclic) bond motifs is 1. The molecule has 3 rings (SSSR count). The molecule has 0 amide bonds. The molecule has 5 nitrogen and oxygen atoms in total. The molecule has 0 unspecified atom stereocenters. The molecule has 1 aliphatic rings. The number of aromatic nitrogens is 4. The lowest BCUT2D eigenvalue weighted by Crippen LogP contribution is -2.05. The van der Waals surface area contributed by atoms with Crippen LogP contribution in [0.25, 0.3) is 11.2 Å². The molecule has 2 aromatic heterocycles. The third-order valence-electron chi connectivity index (χ3n) is 3.86. The molecule has 0 aliphatic heterocycles. The van der Waals surface area contributed by atoms with Gasteiger partial charge < -0.3 is 5.73 Å². The Balaban J connectivity index is 2.01. The van der Waals surface area contributed by atoms with Crippen molar-refractivity contribution in [2.45, 2.75) is 19.8 Å². The molecule has 16 heavy (non-hydrogen) atoms. The van der Waals surface area contributed by atoms with Crippen LogP contribution in [0.2, 0.25) is 0 Å². The van der Waals surface area contributed by atoms with Crippen molar-refractivity contribution in [3.63, 3.8) is 0 Å². The molecule has 0 radical (unpaired) electrons. The molecular formula is C11H15N5. The van der Waals surface area contributed by atoms with Gasteiger partial charge in [0.2, 0.25) is 5.65 Å². The van der Waals surface area contributed by atoms with Crippen molar-refractivity contribution in [3.05, 3.63) is 17.8 Å². The average molecular weight is 217 g/mol. The summed E-state index contributed by atoms with van der Waals surface area (Å²) in [7, 11) is 0. The van der Waals surface area contributed by atoms with Crippen LogP contribution < -0.4 is 5.73 Å². The standard InChI is InChI=1S/C11H15N5/c1-11(2)7(4-12)9(11)6-3-8-10(13-5-6)15-16-14-8/h3,5,7,9H,4,12H2,1-2H3,(H,13,14,15,16)/t7-,9-/m0/s1. The number of pyridine rings is 1. The summed E-state index contributed by atoms with van der Waals surface area (Å²) in [6, 6.07) is 2.06. The topological polar surface area (TPSA) is 80.5 Å². The summed E-state index contributed by atoms with van der Waals surface area (Å²) < 4.78 is 0. The van der Waals surface area contributed by atoms with Gasteiger partial charge in [-0.2, -0.15) is 10.3 Å². The lowest BCUT2D eigenvalue weighted by Gasteiger charge is -2.01. The Morgan fingerprint density at radius 1 is 1.44 bits per heavy atom. The fourth-order valence-electron chi connectivity index (χ4n) is 2.77. The lowest BCUT2D eigenvalue weighted by atomic mass is 10.0. The van der Waals surface area contributed by atoms with Gasteiger partial charge in [0.05, 0.1) is 0 Å². The van der Waals surface area contributed by atoms with Crippen molar-refractivity contribution in [2.75, 3.05) is 6.54 Å². The zero-order valence-corrected chi connectivity index (χ0v) is 9.44. The van der Waals surface area contributed by atoms with Gasteiger partial charge in [-0.15, -0.1) is 5.10 Å². The van der Waals surface area contributed by atoms with Gasteiger partial charge in [0.1, 0.15) is 5.52 Å². The summed E-state index contributed by atoms with van der Waals surface area (Å²) in [5.41, 5.74) is 8.79. The summed E-state index contributed by atoms with van der Waals surface area (Å²) in [6.45, 7) is 5.24. The third kappa shape index (κ3) is 1.18. The number of nitrogens with two attached hydrogens (primary N) is 1. The monoisotopic (exact) mass is 217 g/mol. The lowest BCUT2D eigenvalue weighted by molar-refractivity contribution is 0.558. The molecule has 2 aromatic rings. The van der Waals surface area contributed by atoms with Crippen LogP contribution in [0.15, 0.2) is 12.3 Å². The van der Waals surface area contributed by atoms with E-state index in [9.17, 15) is 0 Å². The maximum atomic E-state index is 5.78. The number of nitrogens with zero attached hydrogens (tertiary/aromatic N) is 3. The van der Waals surface area contributed by atoms with Crippen LogP contribution in [0.1, 0.15) is 25.3 Å². The maximum absolute atomic E-state index is 5.78. The highest BCUT2D eigenvalue weighted by molar-refractivity contribution is 5.69. The molecule has 2 atom stereocenters. The maximum Gasteiger partial charge on any atom is 0.201 e. The van der Waals surface area contributed by atoms with Gasteiger partial charge in [-0.05, 0) is 35.4 Å². The minimum Gasteiger partial charge on any atom is -0.330 e. The number of hydrogen-bond donors (Lipinski definition) is 2. The van der Waals surface area contributed by atoms with Crippen molar-refractivity contribution in [1.29, 1.82) is 0 Å². The van der Waals surface area contributed by atoms with Crippen molar-refractivity contribution >= 4 is 11.2 Å². The largest absolute Gasteiger partial charge is 0.330 e. The highest BCUT2D eigenvalue weighted by Crippen LogP contribution is 2.63. The summed E-state index contributed by atoms with van der Waals surface area (Å²) in [5.74, 6) is 1.06. The smallest absolute Gasteiger partial charge is 0.201 e. The summed E-state index contributed by atoms with van der Waals surface area (Å²) >= 11 is 0. The number of H-pyrrole nitrogens is 1. The van der Waals surface area contributed by atoms with E-state index in [4.69, 9.17) is 5.73 Å². The highest BCUT2D eigenvalue weighted by Gasteiger charge is 2.57. The second-order valence-electron chi connectivity index (χ2n) is 5.08. The second-order valence-corrected chi connectivity index (χ2v) is 5.08. The van der Waals surface area contributed by atoms with Crippen LogP contribution in [-0.4, -0.2) is 26.9 Å². The summed E-state index contributed by atoms with van der Waals surface area (Å²) in [5, 5.41) is 10.6. The first-order chi connectivity index (χ1) is 7.64. The van der Waals surface area contributed by atoms with E-state index in [1.807, 2.05) is 6.20 Å². The fraction of sp³-hybridized carbons (Fsp3) is 0.545. The van der Waals surface area contributed by atoms with E-state index in [-0.39, 0.29) is 5.41 Å². The molecule has 5 heteroatoms. The molecule has 0 spiro atoms. The summed E-state index contributed by atoms with van der Waals surface area (Å²) in [4.78, 5) is 4.29. The van der Waals surface area contributed by atoms with Gasteiger partial charge >= 0.3 is 0 Å². The zero-order valence-electron chi connectivity index (χ0n) is 9.44. The Morgan fingerprint density at radius 3 is 2.94 bits per heavy atom. The van der Waals surface area contributed by atoms with E-state index < -0.39 is 0 Å². The predicted molar refractivity (Wildman–Crippen MR) is 60.8 cm³/mol. The molecule has 3 N–H and O–H groups in total. The van der Waals surface area contributed by atoms with Crippen LogP contribution in [0.5, 0.6) is 0 Å². The molecule has 1 aliphatic carbocycles. The minimum absolute atomic E-state index is 0.286. The van der Waals surface area contributed by atoms with Crippen LogP contribution >= 0.6 is 0 Å². The molecule has 1 fully saturated rings. The number of nitrogens with one attached hydrogen (secondary N) is 1.